The van der Waals surface area contributed by atoms with E-state index >= 15 is 0 Å². The maximum Gasteiger partial charge on any atom is 0.0798 e. The molecule has 0 spiro atoms. The average Bonchev–Trinajstić information content (AvgIpc) is 2.49. The van der Waals surface area contributed by atoms with Crippen LogP contribution in [0.2, 0.25) is 0 Å². The first kappa shape index (κ1) is 12.8. The highest BCUT2D eigenvalue weighted by atomic mass is 15.1. The molecule has 1 nitrogen and oxygen atoms in total. The van der Waals surface area contributed by atoms with Crippen LogP contribution in [0.15, 0.2) is 48.5 Å². The summed E-state index contributed by atoms with van der Waals surface area (Å²) in [5.74, 6) is 6.63. The summed E-state index contributed by atoms with van der Waals surface area (Å²) in [7, 11) is 0. The summed E-state index contributed by atoms with van der Waals surface area (Å²) in [5.41, 5.74) is 5.20. The van der Waals surface area contributed by atoms with Crippen LogP contribution in [0, 0.1) is 18.8 Å². The molecule has 0 fully saturated rings. The molecule has 0 aromatic heterocycles. The molecular weight excluding hydrogens is 242 g/mol. The Morgan fingerprint density at radius 1 is 1.05 bits per heavy atom. The molecule has 1 heteroatoms. The molecule has 1 heterocycles. The van der Waals surface area contributed by atoms with Gasteiger partial charge in [-0.1, -0.05) is 48.2 Å². The first-order valence-corrected chi connectivity index (χ1v) is 7.22. The molecule has 0 saturated heterocycles. The second-order valence-electron chi connectivity index (χ2n) is 5.27. The average molecular weight is 261 g/mol. The highest BCUT2D eigenvalue weighted by Gasteiger charge is 2.14. The standard InChI is InChI=1S/C19H19N/c1-16-8-2-3-9-17(16)11-6-14-20-15-7-12-18-10-4-5-13-19(18)20/h2-5,8-10,13H,7,12,14-15H2,1H3. The Morgan fingerprint density at radius 2 is 1.85 bits per heavy atom. The zero-order chi connectivity index (χ0) is 13.8. The van der Waals surface area contributed by atoms with E-state index in [0.717, 1.165) is 18.7 Å². The maximum absolute atomic E-state index is 3.33. The number of aryl methyl sites for hydroxylation is 2. The number of anilines is 1. The van der Waals surface area contributed by atoms with Crippen LogP contribution in [0.5, 0.6) is 0 Å². The van der Waals surface area contributed by atoms with Gasteiger partial charge >= 0.3 is 0 Å². The van der Waals surface area contributed by atoms with Gasteiger partial charge in [0.15, 0.2) is 0 Å². The van der Waals surface area contributed by atoms with Gasteiger partial charge in [0.2, 0.25) is 0 Å². The number of hydrogen-bond donors (Lipinski definition) is 0. The molecule has 20 heavy (non-hydrogen) atoms. The molecule has 1 aliphatic rings. The highest BCUT2D eigenvalue weighted by molar-refractivity contribution is 5.56. The minimum atomic E-state index is 0.811. The quantitative estimate of drug-likeness (QED) is 0.706. The van der Waals surface area contributed by atoms with E-state index in [1.54, 1.807) is 0 Å². The second kappa shape index (κ2) is 5.84. The van der Waals surface area contributed by atoms with Gasteiger partial charge in [0.05, 0.1) is 6.54 Å². The van der Waals surface area contributed by atoms with Crippen molar-refractivity contribution in [3.8, 4) is 11.8 Å². The Labute approximate surface area is 121 Å². The van der Waals surface area contributed by atoms with Crippen molar-refractivity contribution in [3.05, 3.63) is 65.2 Å². The summed E-state index contributed by atoms with van der Waals surface area (Å²) >= 11 is 0. The summed E-state index contributed by atoms with van der Waals surface area (Å²) < 4.78 is 0. The molecule has 2 aromatic rings. The van der Waals surface area contributed by atoms with Gasteiger partial charge in [-0.05, 0) is 43.0 Å². The molecular formula is C19H19N. The molecule has 0 amide bonds. The number of hydrogen-bond acceptors (Lipinski definition) is 1. The van der Waals surface area contributed by atoms with Crippen LogP contribution in [0.1, 0.15) is 23.1 Å². The fourth-order valence-corrected chi connectivity index (χ4v) is 2.72. The Hall–Kier alpha value is -2.20. The molecule has 0 radical (unpaired) electrons. The lowest BCUT2D eigenvalue weighted by Gasteiger charge is -2.29. The van der Waals surface area contributed by atoms with E-state index < -0.39 is 0 Å². The monoisotopic (exact) mass is 261 g/mol. The number of rotatable bonds is 1. The van der Waals surface area contributed by atoms with Crippen LogP contribution in [-0.2, 0) is 6.42 Å². The van der Waals surface area contributed by atoms with Crippen molar-refractivity contribution in [1.82, 2.24) is 0 Å². The maximum atomic E-state index is 3.33. The van der Waals surface area contributed by atoms with Gasteiger partial charge in [-0.2, -0.15) is 0 Å². The van der Waals surface area contributed by atoms with E-state index in [4.69, 9.17) is 0 Å². The van der Waals surface area contributed by atoms with E-state index in [1.165, 1.54) is 29.7 Å². The highest BCUT2D eigenvalue weighted by Crippen LogP contribution is 2.25. The Balaban J connectivity index is 1.76. The van der Waals surface area contributed by atoms with Crippen molar-refractivity contribution in [2.75, 3.05) is 18.0 Å². The van der Waals surface area contributed by atoms with Crippen LogP contribution in [0.4, 0.5) is 5.69 Å². The molecule has 0 aliphatic carbocycles. The number of para-hydroxylation sites is 1. The lowest BCUT2D eigenvalue weighted by Crippen LogP contribution is -2.29. The van der Waals surface area contributed by atoms with Gasteiger partial charge in [0.1, 0.15) is 0 Å². The third-order valence-electron chi connectivity index (χ3n) is 3.84. The Bertz CT molecular complexity index is 661. The van der Waals surface area contributed by atoms with Gasteiger partial charge in [-0.15, -0.1) is 0 Å². The molecule has 1 aliphatic heterocycles. The third kappa shape index (κ3) is 2.70. The summed E-state index contributed by atoms with van der Waals surface area (Å²) in [5, 5.41) is 0. The lowest BCUT2D eigenvalue weighted by molar-refractivity contribution is 0.726. The van der Waals surface area contributed by atoms with Crippen molar-refractivity contribution in [2.45, 2.75) is 19.8 Å². The van der Waals surface area contributed by atoms with Crippen LogP contribution >= 0.6 is 0 Å². The van der Waals surface area contributed by atoms with Crippen molar-refractivity contribution < 1.29 is 0 Å². The second-order valence-corrected chi connectivity index (χ2v) is 5.27. The summed E-state index contributed by atoms with van der Waals surface area (Å²) in [6, 6.07) is 17.0. The first-order chi connectivity index (χ1) is 9.84. The zero-order valence-corrected chi connectivity index (χ0v) is 11.9. The number of nitrogens with zero attached hydrogens (tertiary/aromatic N) is 1. The molecule has 2 aromatic carbocycles. The van der Waals surface area contributed by atoms with E-state index in [0.29, 0.717) is 0 Å². The molecule has 0 bridgehead atoms. The predicted molar refractivity (Wildman–Crippen MR) is 85.0 cm³/mol. The van der Waals surface area contributed by atoms with E-state index in [1.807, 2.05) is 6.07 Å². The molecule has 3 rings (SSSR count). The van der Waals surface area contributed by atoms with Crippen molar-refractivity contribution in [1.29, 1.82) is 0 Å². The molecule has 0 unspecified atom stereocenters. The predicted octanol–water partition coefficient (Wildman–Crippen LogP) is 3.80. The largest absolute Gasteiger partial charge is 0.360 e. The van der Waals surface area contributed by atoms with Gasteiger partial charge in [0.25, 0.3) is 0 Å². The zero-order valence-electron chi connectivity index (χ0n) is 11.9. The number of fused-ring (bicyclic) bond motifs is 1. The van der Waals surface area contributed by atoms with E-state index in [9.17, 15) is 0 Å². The van der Waals surface area contributed by atoms with Gasteiger partial charge in [0, 0.05) is 17.8 Å². The Morgan fingerprint density at radius 3 is 2.75 bits per heavy atom. The summed E-state index contributed by atoms with van der Waals surface area (Å²) in [6.07, 6.45) is 2.42. The van der Waals surface area contributed by atoms with Gasteiger partial charge in [-0.25, -0.2) is 0 Å². The Kier molecular flexibility index (Phi) is 3.74. The van der Waals surface area contributed by atoms with Crippen molar-refractivity contribution in [2.24, 2.45) is 0 Å². The van der Waals surface area contributed by atoms with Gasteiger partial charge in [-0.3, -0.25) is 0 Å². The number of benzene rings is 2. The fourth-order valence-electron chi connectivity index (χ4n) is 2.72. The molecule has 0 saturated carbocycles. The normalized spacial score (nSPS) is 13.3. The van der Waals surface area contributed by atoms with Crippen molar-refractivity contribution >= 4 is 5.69 Å². The fraction of sp³-hybridized carbons (Fsp3) is 0.263. The van der Waals surface area contributed by atoms with Crippen LogP contribution in [0.3, 0.4) is 0 Å². The van der Waals surface area contributed by atoms with Crippen LogP contribution in [0.25, 0.3) is 0 Å². The van der Waals surface area contributed by atoms with Crippen LogP contribution < -0.4 is 4.90 Å². The summed E-state index contributed by atoms with van der Waals surface area (Å²) in [4.78, 5) is 2.39. The SMILES string of the molecule is Cc1ccccc1C#CCN1CCCc2ccccc21. The van der Waals surface area contributed by atoms with E-state index in [-0.39, 0.29) is 0 Å². The van der Waals surface area contributed by atoms with Gasteiger partial charge < -0.3 is 4.90 Å². The third-order valence-corrected chi connectivity index (χ3v) is 3.84. The first-order valence-electron chi connectivity index (χ1n) is 7.22. The smallest absolute Gasteiger partial charge is 0.0798 e. The summed E-state index contributed by atoms with van der Waals surface area (Å²) in [6.45, 7) is 4.03. The molecule has 0 atom stereocenters. The van der Waals surface area contributed by atoms with E-state index in [2.05, 4.69) is 66.1 Å². The van der Waals surface area contributed by atoms with Crippen LogP contribution in [-0.4, -0.2) is 13.1 Å². The minimum Gasteiger partial charge on any atom is -0.360 e. The molecule has 0 N–H and O–H groups in total. The van der Waals surface area contributed by atoms with Crippen molar-refractivity contribution in [3.63, 3.8) is 0 Å². The molecule has 100 valence electrons. The topological polar surface area (TPSA) is 3.24 Å². The minimum absolute atomic E-state index is 0.811. The lowest BCUT2D eigenvalue weighted by atomic mass is 10.0.